The van der Waals surface area contributed by atoms with Crippen molar-refractivity contribution in [2.24, 2.45) is 10.9 Å². The zero-order valence-electron chi connectivity index (χ0n) is 16.4. The minimum absolute atomic E-state index is 0. The molecule has 0 radical (unpaired) electrons. The van der Waals surface area contributed by atoms with Gasteiger partial charge in [-0.05, 0) is 44.0 Å². The number of aliphatic imine (C=N–C) groups is 1. The van der Waals surface area contributed by atoms with E-state index in [-0.39, 0.29) is 28.9 Å². The number of hydrogen-bond acceptors (Lipinski definition) is 3. The molecule has 0 bridgehead atoms. The minimum atomic E-state index is -3.42. The smallest absolute Gasteiger partial charge is 0.240 e. The lowest BCUT2D eigenvalue weighted by Crippen LogP contribution is -2.41. The van der Waals surface area contributed by atoms with Gasteiger partial charge in [0.1, 0.15) is 0 Å². The number of rotatable bonds is 9. The Hall–Kier alpha value is -0.870. The van der Waals surface area contributed by atoms with Gasteiger partial charge in [-0.3, -0.25) is 4.99 Å². The number of nitrogens with zero attached hydrogens (tertiary/aromatic N) is 1. The standard InChI is InChI=1S/C18H32N4O2S.HI/c1-14(2)8-6-9-15(3)22-18(19-4)21-13-16-10-7-11-17(12-16)25(23,24)20-5;/h7,10-12,14-15,20H,6,8-9,13H2,1-5H3,(H2,19,21,22);1H. The van der Waals surface area contributed by atoms with Gasteiger partial charge in [-0.1, -0.05) is 38.8 Å². The Morgan fingerprint density at radius 3 is 2.46 bits per heavy atom. The summed E-state index contributed by atoms with van der Waals surface area (Å²) in [7, 11) is -0.281. The van der Waals surface area contributed by atoms with Crippen LogP contribution in [0.25, 0.3) is 0 Å². The molecule has 0 spiro atoms. The molecule has 26 heavy (non-hydrogen) atoms. The molecule has 0 saturated carbocycles. The zero-order valence-corrected chi connectivity index (χ0v) is 19.5. The van der Waals surface area contributed by atoms with Gasteiger partial charge in [0.25, 0.3) is 0 Å². The van der Waals surface area contributed by atoms with Gasteiger partial charge in [0.05, 0.1) is 4.90 Å². The highest BCUT2D eigenvalue weighted by atomic mass is 127. The van der Waals surface area contributed by atoms with Crippen molar-refractivity contribution in [3.8, 4) is 0 Å². The summed E-state index contributed by atoms with van der Waals surface area (Å²) in [5.74, 6) is 1.45. The van der Waals surface area contributed by atoms with Crippen molar-refractivity contribution in [2.45, 2.75) is 57.5 Å². The molecule has 1 atom stereocenters. The summed E-state index contributed by atoms with van der Waals surface area (Å²) in [6, 6.07) is 7.21. The Balaban J connectivity index is 0.00000625. The third-order valence-corrected chi connectivity index (χ3v) is 5.37. The van der Waals surface area contributed by atoms with E-state index in [1.54, 1.807) is 25.2 Å². The first-order valence-corrected chi connectivity index (χ1v) is 10.3. The molecule has 8 heteroatoms. The molecule has 0 aliphatic heterocycles. The molecule has 0 aliphatic rings. The highest BCUT2D eigenvalue weighted by Gasteiger charge is 2.11. The molecule has 0 heterocycles. The maximum absolute atomic E-state index is 11.9. The van der Waals surface area contributed by atoms with Gasteiger partial charge in [0.2, 0.25) is 10.0 Å². The van der Waals surface area contributed by atoms with Gasteiger partial charge in [-0.2, -0.15) is 0 Å². The predicted molar refractivity (Wildman–Crippen MR) is 120 cm³/mol. The van der Waals surface area contributed by atoms with Gasteiger partial charge in [0, 0.05) is 19.6 Å². The zero-order chi connectivity index (χ0) is 18.9. The molecular formula is C18H33IN4O2S. The lowest BCUT2D eigenvalue weighted by Gasteiger charge is -2.18. The maximum atomic E-state index is 11.9. The van der Waals surface area contributed by atoms with Crippen LogP contribution in [0.5, 0.6) is 0 Å². The molecule has 1 unspecified atom stereocenters. The third-order valence-electron chi connectivity index (χ3n) is 3.96. The van der Waals surface area contributed by atoms with Crippen LogP contribution in [0.1, 0.15) is 45.6 Å². The summed E-state index contributed by atoms with van der Waals surface area (Å²) in [5.41, 5.74) is 0.881. The normalized spacial score (nSPS) is 13.2. The fraction of sp³-hybridized carbons (Fsp3) is 0.611. The average Bonchev–Trinajstić information content (AvgIpc) is 2.58. The summed E-state index contributed by atoms with van der Waals surface area (Å²) in [6.45, 7) is 7.13. The Morgan fingerprint density at radius 2 is 1.88 bits per heavy atom. The first-order valence-electron chi connectivity index (χ1n) is 8.78. The molecule has 1 rings (SSSR count). The first-order chi connectivity index (χ1) is 11.8. The molecule has 3 N–H and O–H groups in total. The van der Waals surface area contributed by atoms with Crippen LogP contribution < -0.4 is 15.4 Å². The largest absolute Gasteiger partial charge is 0.354 e. The molecule has 150 valence electrons. The van der Waals surface area contributed by atoms with E-state index in [4.69, 9.17) is 0 Å². The van der Waals surface area contributed by atoms with Gasteiger partial charge >= 0.3 is 0 Å². The van der Waals surface area contributed by atoms with Crippen molar-refractivity contribution in [1.29, 1.82) is 0 Å². The minimum Gasteiger partial charge on any atom is -0.354 e. The highest BCUT2D eigenvalue weighted by molar-refractivity contribution is 14.0. The molecule has 6 nitrogen and oxygen atoms in total. The fourth-order valence-corrected chi connectivity index (χ4v) is 3.26. The van der Waals surface area contributed by atoms with Crippen molar-refractivity contribution in [1.82, 2.24) is 15.4 Å². The lowest BCUT2D eigenvalue weighted by atomic mass is 10.0. The van der Waals surface area contributed by atoms with Gasteiger partial charge in [-0.25, -0.2) is 13.1 Å². The van der Waals surface area contributed by atoms with E-state index in [9.17, 15) is 8.42 Å². The Morgan fingerprint density at radius 1 is 1.19 bits per heavy atom. The van der Waals surface area contributed by atoms with Crippen LogP contribution in [0.3, 0.4) is 0 Å². The van der Waals surface area contributed by atoms with Crippen LogP contribution in [0, 0.1) is 5.92 Å². The number of sulfonamides is 1. The third kappa shape index (κ3) is 9.18. The number of nitrogens with one attached hydrogen (secondary N) is 3. The van der Waals surface area contributed by atoms with Crippen molar-refractivity contribution >= 4 is 40.0 Å². The molecular weight excluding hydrogens is 463 g/mol. The van der Waals surface area contributed by atoms with E-state index < -0.39 is 10.0 Å². The van der Waals surface area contributed by atoms with Crippen LogP contribution in [0.2, 0.25) is 0 Å². The predicted octanol–water partition coefficient (Wildman–Crippen LogP) is 3.09. The lowest BCUT2D eigenvalue weighted by molar-refractivity contribution is 0.491. The molecule has 0 aromatic heterocycles. The second-order valence-electron chi connectivity index (χ2n) is 6.65. The van der Waals surface area contributed by atoms with E-state index in [0.29, 0.717) is 12.6 Å². The summed E-state index contributed by atoms with van der Waals surface area (Å²) >= 11 is 0. The summed E-state index contributed by atoms with van der Waals surface area (Å²) in [6.07, 6.45) is 3.51. The number of halogens is 1. The summed E-state index contributed by atoms with van der Waals surface area (Å²) < 4.78 is 26.1. The SMILES string of the molecule is CN=C(NCc1cccc(S(=O)(=O)NC)c1)NC(C)CCCC(C)C.I. The van der Waals surface area contributed by atoms with Crippen molar-refractivity contribution in [2.75, 3.05) is 14.1 Å². The van der Waals surface area contributed by atoms with E-state index >= 15 is 0 Å². The van der Waals surface area contributed by atoms with Gasteiger partial charge < -0.3 is 10.6 Å². The summed E-state index contributed by atoms with van der Waals surface area (Å²) in [5, 5.41) is 6.61. The summed E-state index contributed by atoms with van der Waals surface area (Å²) in [4.78, 5) is 4.50. The Labute approximate surface area is 175 Å². The topological polar surface area (TPSA) is 82.6 Å². The van der Waals surface area contributed by atoms with Crippen LogP contribution >= 0.6 is 24.0 Å². The number of hydrogen-bond donors (Lipinski definition) is 3. The number of benzene rings is 1. The van der Waals surface area contributed by atoms with E-state index in [1.807, 2.05) is 6.07 Å². The average molecular weight is 496 g/mol. The van der Waals surface area contributed by atoms with E-state index in [0.717, 1.165) is 23.9 Å². The van der Waals surface area contributed by atoms with E-state index in [2.05, 4.69) is 41.1 Å². The first kappa shape index (κ1) is 25.1. The molecule has 0 saturated heterocycles. The van der Waals surface area contributed by atoms with Crippen molar-refractivity contribution in [3.05, 3.63) is 29.8 Å². The fourth-order valence-electron chi connectivity index (χ4n) is 2.46. The molecule has 1 aromatic rings. The van der Waals surface area contributed by atoms with Crippen molar-refractivity contribution in [3.63, 3.8) is 0 Å². The van der Waals surface area contributed by atoms with Crippen LogP contribution in [-0.2, 0) is 16.6 Å². The second-order valence-corrected chi connectivity index (χ2v) is 8.54. The maximum Gasteiger partial charge on any atom is 0.240 e. The molecule has 0 fully saturated rings. The number of guanidine groups is 1. The highest BCUT2D eigenvalue weighted by Crippen LogP contribution is 2.11. The quantitative estimate of drug-likeness (QED) is 0.279. The van der Waals surface area contributed by atoms with Gasteiger partial charge in [-0.15, -0.1) is 24.0 Å². The molecule has 1 aromatic carbocycles. The van der Waals surface area contributed by atoms with Crippen molar-refractivity contribution < 1.29 is 8.42 Å². The Bertz CT molecular complexity index is 663. The second kappa shape index (κ2) is 12.5. The molecule has 0 aliphatic carbocycles. The van der Waals surface area contributed by atoms with Crippen LogP contribution in [0.4, 0.5) is 0 Å². The van der Waals surface area contributed by atoms with Crippen LogP contribution in [-0.4, -0.2) is 34.5 Å². The van der Waals surface area contributed by atoms with Crippen LogP contribution in [0.15, 0.2) is 34.2 Å². The van der Waals surface area contributed by atoms with Gasteiger partial charge in [0.15, 0.2) is 5.96 Å². The monoisotopic (exact) mass is 496 g/mol. The van der Waals surface area contributed by atoms with E-state index in [1.165, 1.54) is 19.9 Å². The Kier molecular flexibility index (Phi) is 12.1. The molecule has 0 amide bonds.